The van der Waals surface area contributed by atoms with Crippen LogP contribution in [-0.2, 0) is 9.84 Å². The quantitative estimate of drug-likeness (QED) is 0.367. The molecule has 0 saturated carbocycles. The minimum atomic E-state index is -4.02. The van der Waals surface area contributed by atoms with Crippen LogP contribution in [0.5, 0.6) is 5.75 Å². The van der Waals surface area contributed by atoms with Crippen molar-refractivity contribution in [3.05, 3.63) is 83.4 Å². The molecule has 0 saturated heterocycles. The van der Waals surface area contributed by atoms with E-state index in [9.17, 15) is 8.42 Å². The molecule has 2 heterocycles. The SMILES string of the molecule is COc1cccc(C=Nn2c(N)c(S(=O)(=O)c3ccc(C)c(C)c3)c3nc4ccccc4nc32)c1. The second-order valence-electron chi connectivity index (χ2n) is 8.18. The minimum absolute atomic E-state index is 0.0623. The number of rotatable bonds is 5. The van der Waals surface area contributed by atoms with E-state index in [1.165, 1.54) is 4.68 Å². The molecule has 0 amide bonds. The summed E-state index contributed by atoms with van der Waals surface area (Å²) >= 11 is 0. The normalized spacial score (nSPS) is 12.1. The number of hydrogen-bond acceptors (Lipinski definition) is 7. The molecule has 0 aliphatic heterocycles. The maximum atomic E-state index is 13.8. The van der Waals surface area contributed by atoms with E-state index in [0.717, 1.165) is 16.7 Å². The van der Waals surface area contributed by atoms with Crippen LogP contribution in [-0.4, -0.2) is 36.4 Å². The molecule has 35 heavy (non-hydrogen) atoms. The van der Waals surface area contributed by atoms with Crippen molar-refractivity contribution in [3.8, 4) is 5.75 Å². The zero-order chi connectivity index (χ0) is 24.7. The summed E-state index contributed by atoms with van der Waals surface area (Å²) in [5.74, 6) is 0.607. The van der Waals surface area contributed by atoms with Gasteiger partial charge in [-0.15, -0.1) is 0 Å². The van der Waals surface area contributed by atoms with Gasteiger partial charge in [0.15, 0.2) is 5.65 Å². The number of para-hydroxylation sites is 2. The Morgan fingerprint density at radius 1 is 0.943 bits per heavy atom. The lowest BCUT2D eigenvalue weighted by Gasteiger charge is -2.07. The molecule has 176 valence electrons. The fourth-order valence-electron chi connectivity index (χ4n) is 3.85. The summed E-state index contributed by atoms with van der Waals surface area (Å²) in [6, 6.07) is 19.5. The molecule has 0 fully saturated rings. The Balaban J connectivity index is 1.78. The van der Waals surface area contributed by atoms with Crippen LogP contribution in [0.3, 0.4) is 0 Å². The van der Waals surface area contributed by atoms with Crippen LogP contribution in [0.25, 0.3) is 22.2 Å². The van der Waals surface area contributed by atoms with Gasteiger partial charge in [-0.3, -0.25) is 0 Å². The Kier molecular flexibility index (Phi) is 5.49. The van der Waals surface area contributed by atoms with E-state index in [0.29, 0.717) is 16.8 Å². The molecule has 5 rings (SSSR count). The topological polar surface area (TPSA) is 112 Å². The molecule has 2 aromatic heterocycles. The number of methoxy groups -OCH3 is 1. The Bertz CT molecular complexity index is 1740. The summed E-state index contributed by atoms with van der Waals surface area (Å²) in [4.78, 5) is 9.32. The summed E-state index contributed by atoms with van der Waals surface area (Å²) in [6.07, 6.45) is 1.57. The van der Waals surface area contributed by atoms with Gasteiger partial charge in [0.1, 0.15) is 22.0 Å². The van der Waals surface area contributed by atoms with E-state index < -0.39 is 9.84 Å². The Hall–Kier alpha value is -4.24. The van der Waals surface area contributed by atoms with Crippen molar-refractivity contribution >= 4 is 44.1 Å². The van der Waals surface area contributed by atoms with Gasteiger partial charge >= 0.3 is 0 Å². The molecule has 0 atom stereocenters. The van der Waals surface area contributed by atoms with Crippen LogP contribution in [0.4, 0.5) is 5.82 Å². The number of nitrogens with zero attached hydrogens (tertiary/aromatic N) is 4. The van der Waals surface area contributed by atoms with Crippen molar-refractivity contribution in [3.63, 3.8) is 0 Å². The van der Waals surface area contributed by atoms with Gasteiger partial charge in [0.25, 0.3) is 0 Å². The molecular weight excluding hydrogens is 462 g/mol. The smallest absolute Gasteiger partial charge is 0.212 e. The second kappa shape index (κ2) is 8.52. The standard InChI is InChI=1S/C26H23N5O3S/c1-16-11-12-20(13-17(16)2)35(32,33)24-23-26(30-22-10-5-4-9-21(22)29-23)31(25(24)27)28-15-18-7-6-8-19(14-18)34-3/h4-15H,27H2,1-3H3. The van der Waals surface area contributed by atoms with Crippen molar-refractivity contribution in [2.75, 3.05) is 12.8 Å². The first-order chi connectivity index (χ1) is 16.8. The predicted octanol–water partition coefficient (Wildman–Crippen LogP) is 4.51. The Morgan fingerprint density at radius 3 is 2.40 bits per heavy atom. The number of nitrogen functional groups attached to an aromatic ring is 1. The first-order valence-electron chi connectivity index (χ1n) is 10.9. The molecule has 0 bridgehead atoms. The molecular formula is C26H23N5O3S. The van der Waals surface area contributed by atoms with Crippen LogP contribution >= 0.6 is 0 Å². The molecule has 2 N–H and O–H groups in total. The van der Waals surface area contributed by atoms with Crippen LogP contribution in [0, 0.1) is 13.8 Å². The highest BCUT2D eigenvalue weighted by atomic mass is 32.2. The maximum absolute atomic E-state index is 13.8. The predicted molar refractivity (Wildman–Crippen MR) is 137 cm³/mol. The first-order valence-corrected chi connectivity index (χ1v) is 12.4. The Morgan fingerprint density at radius 2 is 1.69 bits per heavy atom. The van der Waals surface area contributed by atoms with Crippen molar-refractivity contribution < 1.29 is 13.2 Å². The number of anilines is 1. The fraction of sp³-hybridized carbons (Fsp3) is 0.115. The van der Waals surface area contributed by atoms with Crippen LogP contribution in [0.15, 0.2) is 81.6 Å². The van der Waals surface area contributed by atoms with E-state index in [1.54, 1.807) is 49.7 Å². The number of hydrogen-bond donors (Lipinski definition) is 1. The lowest BCUT2D eigenvalue weighted by molar-refractivity contribution is 0.415. The summed E-state index contributed by atoms with van der Waals surface area (Å²) in [5, 5.41) is 4.49. The van der Waals surface area contributed by atoms with E-state index >= 15 is 0 Å². The summed E-state index contributed by atoms with van der Waals surface area (Å²) < 4.78 is 34.2. The third-order valence-corrected chi connectivity index (χ3v) is 7.72. The van der Waals surface area contributed by atoms with Gasteiger partial charge in [-0.05, 0) is 66.9 Å². The molecule has 9 heteroatoms. The van der Waals surface area contributed by atoms with Crippen molar-refractivity contribution in [2.45, 2.75) is 23.6 Å². The van der Waals surface area contributed by atoms with Gasteiger partial charge in [-0.2, -0.15) is 9.78 Å². The van der Waals surface area contributed by atoms with Gasteiger partial charge in [0.05, 0.1) is 29.3 Å². The number of fused-ring (bicyclic) bond motifs is 2. The average Bonchev–Trinajstić information content (AvgIpc) is 3.13. The highest BCUT2D eigenvalue weighted by molar-refractivity contribution is 7.92. The summed E-state index contributed by atoms with van der Waals surface area (Å²) in [7, 11) is -2.44. The lowest BCUT2D eigenvalue weighted by atomic mass is 10.1. The van der Waals surface area contributed by atoms with E-state index in [1.807, 2.05) is 44.2 Å². The van der Waals surface area contributed by atoms with E-state index in [4.69, 9.17) is 10.5 Å². The van der Waals surface area contributed by atoms with Gasteiger partial charge in [0, 0.05) is 0 Å². The molecule has 0 radical (unpaired) electrons. The third-order valence-electron chi connectivity index (χ3n) is 5.90. The first kappa shape index (κ1) is 22.5. The largest absolute Gasteiger partial charge is 0.497 e. The van der Waals surface area contributed by atoms with Gasteiger partial charge in [-0.1, -0.05) is 30.3 Å². The molecule has 5 aromatic rings. The summed E-state index contributed by atoms with van der Waals surface area (Å²) in [5.41, 5.74) is 10.6. The third kappa shape index (κ3) is 3.89. The lowest BCUT2D eigenvalue weighted by Crippen LogP contribution is -2.07. The molecule has 8 nitrogen and oxygen atoms in total. The van der Waals surface area contributed by atoms with Crippen LogP contribution in [0.1, 0.15) is 16.7 Å². The second-order valence-corrected chi connectivity index (χ2v) is 10.1. The number of aryl methyl sites for hydroxylation is 2. The van der Waals surface area contributed by atoms with E-state index in [-0.39, 0.29) is 26.8 Å². The van der Waals surface area contributed by atoms with Crippen molar-refractivity contribution in [2.24, 2.45) is 5.10 Å². The molecule has 0 unspecified atom stereocenters. The molecule has 0 spiro atoms. The molecule has 3 aromatic carbocycles. The number of nitrogens with two attached hydrogens (primary N) is 1. The Labute approximate surface area is 202 Å². The maximum Gasteiger partial charge on any atom is 0.212 e. The highest BCUT2D eigenvalue weighted by Crippen LogP contribution is 2.35. The van der Waals surface area contributed by atoms with Gasteiger partial charge in [0.2, 0.25) is 9.84 Å². The van der Waals surface area contributed by atoms with Gasteiger partial charge in [-0.25, -0.2) is 18.4 Å². The summed E-state index contributed by atoms with van der Waals surface area (Å²) in [6.45, 7) is 3.80. The fourth-order valence-corrected chi connectivity index (χ4v) is 5.42. The monoisotopic (exact) mass is 485 g/mol. The van der Waals surface area contributed by atoms with Crippen LogP contribution < -0.4 is 10.5 Å². The minimum Gasteiger partial charge on any atom is -0.497 e. The van der Waals surface area contributed by atoms with Crippen LogP contribution in [0.2, 0.25) is 0 Å². The van der Waals surface area contributed by atoms with Gasteiger partial charge < -0.3 is 10.5 Å². The molecule has 0 aliphatic rings. The number of benzene rings is 3. The average molecular weight is 486 g/mol. The zero-order valence-electron chi connectivity index (χ0n) is 19.4. The van der Waals surface area contributed by atoms with Crippen molar-refractivity contribution in [1.82, 2.24) is 14.6 Å². The van der Waals surface area contributed by atoms with Crippen molar-refractivity contribution in [1.29, 1.82) is 0 Å². The zero-order valence-corrected chi connectivity index (χ0v) is 20.2. The number of ether oxygens (including phenoxy) is 1. The number of sulfone groups is 1. The van der Waals surface area contributed by atoms with E-state index in [2.05, 4.69) is 15.1 Å². The number of aromatic nitrogens is 3. The molecule has 0 aliphatic carbocycles. The highest BCUT2D eigenvalue weighted by Gasteiger charge is 2.30.